The molecule has 0 aromatic heterocycles. The summed E-state index contributed by atoms with van der Waals surface area (Å²) in [7, 11) is -6.17. The molecule has 0 aromatic carbocycles. The van der Waals surface area contributed by atoms with E-state index in [1.54, 1.807) is 0 Å². The minimum Gasteiger partial charge on any atom is 1.00 e. The first kappa shape index (κ1) is 20.1. The van der Waals surface area contributed by atoms with E-state index in [4.69, 9.17) is 31.6 Å². The van der Waals surface area contributed by atoms with Gasteiger partial charge in [0.1, 0.15) is 0 Å². The second-order valence-corrected chi connectivity index (χ2v) is 7.42. The van der Waals surface area contributed by atoms with Gasteiger partial charge in [0.15, 0.2) is 0 Å². The van der Waals surface area contributed by atoms with Gasteiger partial charge in [0.05, 0.1) is 0 Å². The molecule has 0 amide bonds. The van der Waals surface area contributed by atoms with Crippen molar-refractivity contribution >= 4 is 0 Å². The van der Waals surface area contributed by atoms with Crippen molar-refractivity contribution in [3.63, 3.8) is 0 Å². The molecular formula is C6Fe2KN6-. The van der Waals surface area contributed by atoms with Gasteiger partial charge in [0, 0.05) is 0 Å². The first-order valence-corrected chi connectivity index (χ1v) is 5.71. The zero-order valence-corrected chi connectivity index (χ0v) is 12.7. The van der Waals surface area contributed by atoms with E-state index in [0.29, 0.717) is 0 Å². The van der Waals surface area contributed by atoms with Crippen LogP contribution in [0.2, 0.25) is 0 Å². The van der Waals surface area contributed by atoms with Crippen molar-refractivity contribution < 1.29 is 79.2 Å². The fourth-order valence-electron chi connectivity index (χ4n) is 0.265. The summed E-state index contributed by atoms with van der Waals surface area (Å²) in [4.78, 5) is 6.19. The van der Waals surface area contributed by atoms with Crippen LogP contribution < -0.4 is 51.4 Å². The summed E-state index contributed by atoms with van der Waals surface area (Å²) >= 11 is 0. The SMILES string of the molecule is N#[C][Fe-4]([C]#N)([C]#N)([C]#N)([C]#N)[C]#N.[Fe+2].[K+]. The number of nitriles is 6. The Bertz CT molecular complexity index is 395. The minimum atomic E-state index is -6.17. The van der Waals surface area contributed by atoms with Gasteiger partial charge in [-0.25, -0.2) is 0 Å². The van der Waals surface area contributed by atoms with E-state index < -0.39 is 10.7 Å². The Hall–Kier alpha value is -0.385. The summed E-state index contributed by atoms with van der Waals surface area (Å²) < 4.78 is 0. The monoisotopic (exact) mass is 307 g/mol. The summed E-state index contributed by atoms with van der Waals surface area (Å²) in [6, 6.07) is 0. The van der Waals surface area contributed by atoms with Crippen LogP contribution in [-0.2, 0) is 27.8 Å². The van der Waals surface area contributed by atoms with Crippen molar-refractivity contribution in [3.05, 3.63) is 0 Å². The number of rotatable bonds is 0. The molecule has 0 aliphatic carbocycles. The van der Waals surface area contributed by atoms with Gasteiger partial charge in [-0.05, 0) is 0 Å². The third kappa shape index (κ3) is 2.09. The largest absolute Gasteiger partial charge is 2.00 e. The van der Waals surface area contributed by atoms with E-state index in [-0.39, 0.29) is 68.5 Å². The Balaban J connectivity index is -0.000000720. The second-order valence-electron chi connectivity index (χ2n) is 1.80. The molecule has 0 aliphatic rings. The van der Waals surface area contributed by atoms with Crippen LogP contribution in [0.15, 0.2) is 0 Å². The number of hydrogen-bond acceptors (Lipinski definition) is 6. The predicted octanol–water partition coefficient (Wildman–Crippen LogP) is -2.90. The zero-order chi connectivity index (χ0) is 10.7. The first-order valence-electron chi connectivity index (χ1n) is 2.40. The Morgan fingerprint density at radius 3 is 0.667 bits per heavy atom. The Morgan fingerprint density at radius 1 is 0.533 bits per heavy atom. The molecule has 0 aromatic rings. The number of nitrogens with zero attached hydrogens (tertiary/aromatic N) is 6. The van der Waals surface area contributed by atoms with E-state index in [2.05, 4.69) is 0 Å². The van der Waals surface area contributed by atoms with Crippen LogP contribution in [0.1, 0.15) is 0 Å². The van der Waals surface area contributed by atoms with Crippen molar-refractivity contribution in [2.75, 3.05) is 0 Å². The normalized spacial score (nSPS) is 11.6. The van der Waals surface area contributed by atoms with E-state index in [9.17, 15) is 0 Å². The molecule has 0 spiro atoms. The average molecular weight is 307 g/mol. The standard InChI is InChI=1S/6CN.2Fe.K/c6*1-2;;;/q;;;;;;-4;+2;+1. The van der Waals surface area contributed by atoms with Crippen LogP contribution in [0.25, 0.3) is 0 Å². The summed E-state index contributed by atoms with van der Waals surface area (Å²) in [5, 5.41) is 51.5. The van der Waals surface area contributed by atoms with E-state index >= 15 is 0 Å². The van der Waals surface area contributed by atoms with Gasteiger partial charge in [-0.3, -0.25) is 0 Å². The fraction of sp³-hybridized carbons (Fsp3) is 0. The predicted molar refractivity (Wildman–Crippen MR) is 33.7 cm³/mol. The van der Waals surface area contributed by atoms with Gasteiger partial charge in [-0.1, -0.05) is 0 Å². The maximum Gasteiger partial charge on any atom is 2.00 e. The third-order valence-corrected chi connectivity index (χ3v) is 4.89. The topological polar surface area (TPSA) is 143 Å². The van der Waals surface area contributed by atoms with E-state index in [1.165, 1.54) is 0 Å². The molecular weight excluding hydrogens is 307 g/mol. The molecule has 0 N–H and O–H groups in total. The zero-order valence-electron chi connectivity index (χ0n) is 7.39. The summed E-state index contributed by atoms with van der Waals surface area (Å²) in [5.41, 5.74) is 0. The summed E-state index contributed by atoms with van der Waals surface area (Å²) in [6.07, 6.45) is 0. The molecule has 0 rings (SSSR count). The van der Waals surface area contributed by atoms with Crippen LogP contribution in [0.3, 0.4) is 0 Å². The minimum absolute atomic E-state index is 0. The fourth-order valence-corrected chi connectivity index (χ4v) is 1.09. The van der Waals surface area contributed by atoms with Crippen LogP contribution in [0.4, 0.5) is 0 Å². The van der Waals surface area contributed by atoms with E-state index in [0.717, 1.165) is 29.8 Å². The smallest absolute Gasteiger partial charge is 1.00 e. The molecule has 0 fully saturated rings. The molecule has 0 saturated heterocycles. The molecule has 0 radical (unpaired) electrons. The number of hydrogen-bond donors (Lipinski definition) is 0. The van der Waals surface area contributed by atoms with Crippen molar-refractivity contribution in [3.8, 4) is 29.8 Å². The molecule has 0 aliphatic heterocycles. The molecule has 0 unspecified atom stereocenters. The van der Waals surface area contributed by atoms with Gasteiger partial charge < -0.3 is 0 Å². The maximum atomic E-state index is 8.58. The quantitative estimate of drug-likeness (QED) is 0.439. The average Bonchev–Trinajstić information content (AvgIpc) is 2.26. The molecule has 6 nitrogen and oxygen atoms in total. The maximum absolute atomic E-state index is 8.58. The first-order chi connectivity index (χ1) is 5.97. The van der Waals surface area contributed by atoms with Crippen molar-refractivity contribution in [1.29, 1.82) is 31.6 Å². The van der Waals surface area contributed by atoms with Gasteiger partial charge in [0.2, 0.25) is 0 Å². The van der Waals surface area contributed by atoms with E-state index in [1.807, 2.05) is 0 Å². The molecule has 0 heterocycles. The van der Waals surface area contributed by atoms with Crippen LogP contribution in [0, 0.1) is 61.4 Å². The molecule has 0 atom stereocenters. The molecule has 0 saturated carbocycles. The van der Waals surface area contributed by atoms with Gasteiger partial charge in [0.25, 0.3) is 0 Å². The van der Waals surface area contributed by atoms with Crippen molar-refractivity contribution in [2.45, 2.75) is 0 Å². The molecule has 15 heavy (non-hydrogen) atoms. The van der Waals surface area contributed by atoms with Gasteiger partial charge in [-0.2, -0.15) is 0 Å². The summed E-state index contributed by atoms with van der Waals surface area (Å²) in [6.45, 7) is 0. The van der Waals surface area contributed by atoms with Gasteiger partial charge in [-0.15, -0.1) is 0 Å². The van der Waals surface area contributed by atoms with Gasteiger partial charge >= 0.3 is 141 Å². The van der Waals surface area contributed by atoms with Crippen LogP contribution in [0.5, 0.6) is 0 Å². The molecule has 72 valence electrons. The molecule has 0 bridgehead atoms. The Kier molecular flexibility index (Phi) is 6.83. The second kappa shape index (κ2) is 5.10. The third-order valence-electron chi connectivity index (χ3n) is 1.19. The summed E-state index contributed by atoms with van der Waals surface area (Å²) in [5.74, 6) is 0. The van der Waals surface area contributed by atoms with Crippen molar-refractivity contribution in [2.24, 2.45) is 0 Å². The Morgan fingerprint density at radius 2 is 0.667 bits per heavy atom. The van der Waals surface area contributed by atoms with Crippen LogP contribution in [-0.4, -0.2) is 0 Å². The van der Waals surface area contributed by atoms with Crippen LogP contribution >= 0.6 is 0 Å². The van der Waals surface area contributed by atoms with Crippen molar-refractivity contribution in [1.82, 2.24) is 0 Å². The Labute approximate surface area is 138 Å². The molecule has 9 heteroatoms.